The molecule has 7 heteroatoms. The Morgan fingerprint density at radius 1 is 1.10 bits per heavy atom. The molecule has 0 spiro atoms. The molecule has 2 heterocycles. The molecule has 1 aliphatic rings. The van der Waals surface area contributed by atoms with Crippen LogP contribution in [0.15, 0.2) is 53.6 Å². The molecule has 0 aliphatic carbocycles. The molecule has 2 aromatic carbocycles. The third-order valence-corrected chi connectivity index (χ3v) is 6.27. The Hall–Kier alpha value is -2.21. The normalized spacial score (nSPS) is 16.0. The molecule has 4 rings (SSSR count). The number of carbonyl (C=O) groups is 2. The van der Waals surface area contributed by atoms with E-state index in [9.17, 15) is 9.59 Å². The molecule has 0 unspecified atom stereocenters. The average molecular weight is 445 g/mol. The standard InChI is InChI=1S/C22H18Cl2N2O2S/c1-13(2)26-21(27)20(29-22(26)28)9-15-12-25(19-6-4-3-5-17(15)19)11-14-7-8-16(23)10-18(14)24/h3-10,12-13H,11H2,1-2H3/b20-9-. The third-order valence-electron chi connectivity index (χ3n) is 4.80. The minimum atomic E-state index is -0.243. The smallest absolute Gasteiger partial charge is 0.293 e. The van der Waals surface area contributed by atoms with Gasteiger partial charge in [-0.3, -0.25) is 14.5 Å². The van der Waals surface area contributed by atoms with Gasteiger partial charge in [0.2, 0.25) is 0 Å². The van der Waals surface area contributed by atoms with Gasteiger partial charge in [-0.1, -0.05) is 47.5 Å². The number of aromatic nitrogens is 1. The van der Waals surface area contributed by atoms with Crippen LogP contribution in [0, 0.1) is 0 Å². The van der Waals surface area contributed by atoms with E-state index in [-0.39, 0.29) is 17.2 Å². The number of nitrogens with zero attached hydrogens (tertiary/aromatic N) is 2. The number of rotatable bonds is 4. The highest BCUT2D eigenvalue weighted by Gasteiger charge is 2.36. The van der Waals surface area contributed by atoms with E-state index in [1.165, 1.54) is 4.90 Å². The lowest BCUT2D eigenvalue weighted by molar-refractivity contribution is -0.123. The number of fused-ring (bicyclic) bond motifs is 1. The second-order valence-electron chi connectivity index (χ2n) is 7.11. The van der Waals surface area contributed by atoms with E-state index in [0.717, 1.165) is 33.8 Å². The van der Waals surface area contributed by atoms with Crippen molar-refractivity contribution in [3.05, 3.63) is 74.7 Å². The number of amides is 2. The van der Waals surface area contributed by atoms with Gasteiger partial charge in [0.15, 0.2) is 0 Å². The molecular weight excluding hydrogens is 427 g/mol. The van der Waals surface area contributed by atoms with E-state index in [0.29, 0.717) is 21.5 Å². The van der Waals surface area contributed by atoms with E-state index in [2.05, 4.69) is 4.57 Å². The van der Waals surface area contributed by atoms with Crippen molar-refractivity contribution in [2.45, 2.75) is 26.4 Å². The van der Waals surface area contributed by atoms with Crippen LogP contribution in [0.5, 0.6) is 0 Å². The number of halogens is 2. The lowest BCUT2D eigenvalue weighted by atomic mass is 10.1. The highest BCUT2D eigenvalue weighted by molar-refractivity contribution is 8.18. The molecule has 1 fully saturated rings. The Labute approximate surface area is 183 Å². The van der Waals surface area contributed by atoms with Gasteiger partial charge in [0.25, 0.3) is 11.1 Å². The summed E-state index contributed by atoms with van der Waals surface area (Å²) >= 11 is 13.3. The second kappa shape index (κ2) is 7.90. The summed E-state index contributed by atoms with van der Waals surface area (Å²) in [6.45, 7) is 4.24. The first-order valence-corrected chi connectivity index (χ1v) is 10.7. The van der Waals surface area contributed by atoms with Gasteiger partial charge in [0.1, 0.15) is 0 Å². The summed E-state index contributed by atoms with van der Waals surface area (Å²) in [7, 11) is 0. The molecule has 2 amide bonds. The maximum Gasteiger partial charge on any atom is 0.293 e. The summed E-state index contributed by atoms with van der Waals surface area (Å²) in [5.41, 5.74) is 2.86. The van der Waals surface area contributed by atoms with E-state index >= 15 is 0 Å². The van der Waals surface area contributed by atoms with Crippen LogP contribution in [0.1, 0.15) is 25.0 Å². The number of carbonyl (C=O) groups excluding carboxylic acids is 2. The van der Waals surface area contributed by atoms with Crippen molar-refractivity contribution in [1.29, 1.82) is 0 Å². The first-order valence-electron chi connectivity index (χ1n) is 9.14. The molecule has 3 aromatic rings. The average Bonchev–Trinajstić information content (AvgIpc) is 3.15. The van der Waals surface area contributed by atoms with E-state index < -0.39 is 0 Å². The van der Waals surface area contributed by atoms with Crippen molar-refractivity contribution in [2.75, 3.05) is 0 Å². The fourth-order valence-corrected chi connectivity index (χ4v) is 4.84. The maximum absolute atomic E-state index is 12.7. The molecule has 0 saturated carbocycles. The van der Waals surface area contributed by atoms with E-state index in [1.54, 1.807) is 12.1 Å². The Morgan fingerprint density at radius 3 is 2.55 bits per heavy atom. The number of hydrogen-bond acceptors (Lipinski definition) is 3. The SMILES string of the molecule is CC(C)N1C(=O)S/C(=C\c2cn(Cc3ccc(Cl)cc3Cl)c3ccccc23)C1=O. The number of para-hydroxylation sites is 1. The largest absolute Gasteiger partial charge is 0.342 e. The van der Waals surface area contributed by atoms with Crippen molar-refractivity contribution < 1.29 is 9.59 Å². The topological polar surface area (TPSA) is 42.3 Å². The van der Waals surface area contributed by atoms with Gasteiger partial charge >= 0.3 is 0 Å². The summed E-state index contributed by atoms with van der Waals surface area (Å²) < 4.78 is 2.09. The molecule has 0 radical (unpaired) electrons. The molecular formula is C22H18Cl2N2O2S. The van der Waals surface area contributed by atoms with Crippen LogP contribution in [0.4, 0.5) is 4.79 Å². The Bertz CT molecular complexity index is 1170. The summed E-state index contributed by atoms with van der Waals surface area (Å²) in [4.78, 5) is 26.6. The highest BCUT2D eigenvalue weighted by Crippen LogP contribution is 2.35. The maximum atomic E-state index is 12.7. The van der Waals surface area contributed by atoms with Crippen molar-refractivity contribution in [3.63, 3.8) is 0 Å². The van der Waals surface area contributed by atoms with Crippen molar-refractivity contribution >= 4 is 63.1 Å². The van der Waals surface area contributed by atoms with Crippen LogP contribution in [-0.2, 0) is 11.3 Å². The minimum Gasteiger partial charge on any atom is -0.342 e. The van der Waals surface area contributed by atoms with E-state index in [1.807, 2.05) is 56.4 Å². The Morgan fingerprint density at radius 2 is 1.86 bits per heavy atom. The number of hydrogen-bond donors (Lipinski definition) is 0. The van der Waals surface area contributed by atoms with Crippen LogP contribution in [0.2, 0.25) is 10.0 Å². The number of benzene rings is 2. The predicted octanol–water partition coefficient (Wildman–Crippen LogP) is 6.44. The predicted molar refractivity (Wildman–Crippen MR) is 120 cm³/mol. The summed E-state index contributed by atoms with van der Waals surface area (Å²) in [5.74, 6) is -0.243. The van der Waals surface area contributed by atoms with Gasteiger partial charge in [-0.2, -0.15) is 0 Å². The molecule has 4 nitrogen and oxygen atoms in total. The van der Waals surface area contributed by atoms with Crippen molar-refractivity contribution in [2.24, 2.45) is 0 Å². The highest BCUT2D eigenvalue weighted by atomic mass is 35.5. The molecule has 1 saturated heterocycles. The van der Waals surface area contributed by atoms with Crippen molar-refractivity contribution in [1.82, 2.24) is 9.47 Å². The number of thioether (sulfide) groups is 1. The molecule has 0 N–H and O–H groups in total. The quantitative estimate of drug-likeness (QED) is 0.434. The van der Waals surface area contributed by atoms with Gasteiger partial charge in [0, 0.05) is 45.3 Å². The zero-order chi connectivity index (χ0) is 20.7. The van der Waals surface area contributed by atoms with Crippen LogP contribution in [-0.4, -0.2) is 26.7 Å². The zero-order valence-electron chi connectivity index (χ0n) is 15.9. The zero-order valence-corrected chi connectivity index (χ0v) is 18.2. The lowest BCUT2D eigenvalue weighted by Gasteiger charge is -2.16. The molecule has 0 bridgehead atoms. The van der Waals surface area contributed by atoms with Gasteiger partial charge < -0.3 is 4.57 Å². The summed E-state index contributed by atoms with van der Waals surface area (Å²) in [6, 6.07) is 13.3. The minimum absolute atomic E-state index is 0.165. The molecule has 148 valence electrons. The third kappa shape index (κ3) is 3.82. The second-order valence-corrected chi connectivity index (χ2v) is 8.95. The fourth-order valence-electron chi connectivity index (χ4n) is 3.42. The Balaban J connectivity index is 1.75. The fraction of sp³-hybridized carbons (Fsp3) is 0.182. The van der Waals surface area contributed by atoms with Crippen LogP contribution in [0.3, 0.4) is 0 Å². The van der Waals surface area contributed by atoms with Crippen LogP contribution in [0.25, 0.3) is 17.0 Å². The first-order chi connectivity index (χ1) is 13.8. The Kier molecular flexibility index (Phi) is 5.47. The first kappa shape index (κ1) is 20.1. The molecule has 1 aliphatic heterocycles. The number of imide groups is 1. The lowest BCUT2D eigenvalue weighted by Crippen LogP contribution is -2.34. The van der Waals surface area contributed by atoms with Gasteiger partial charge in [0.05, 0.1) is 4.91 Å². The van der Waals surface area contributed by atoms with Gasteiger partial charge in [-0.05, 0) is 55.4 Å². The van der Waals surface area contributed by atoms with Gasteiger partial charge in [-0.25, -0.2) is 0 Å². The van der Waals surface area contributed by atoms with Crippen molar-refractivity contribution in [3.8, 4) is 0 Å². The molecule has 0 atom stereocenters. The summed E-state index contributed by atoms with van der Waals surface area (Å²) in [5, 5.41) is 1.98. The van der Waals surface area contributed by atoms with E-state index in [4.69, 9.17) is 23.2 Å². The van der Waals surface area contributed by atoms with Crippen LogP contribution < -0.4 is 0 Å². The monoisotopic (exact) mass is 444 g/mol. The molecule has 1 aromatic heterocycles. The molecule has 29 heavy (non-hydrogen) atoms. The summed E-state index contributed by atoms with van der Waals surface area (Å²) in [6.07, 6.45) is 3.79. The van der Waals surface area contributed by atoms with Crippen LogP contribution >= 0.6 is 35.0 Å². The van der Waals surface area contributed by atoms with Gasteiger partial charge in [-0.15, -0.1) is 0 Å².